The van der Waals surface area contributed by atoms with Crippen LogP contribution in [0.5, 0.6) is 11.8 Å². The summed E-state index contributed by atoms with van der Waals surface area (Å²) in [4.78, 5) is 16.3. The van der Waals surface area contributed by atoms with E-state index in [0.717, 1.165) is 23.8 Å². The van der Waals surface area contributed by atoms with E-state index in [2.05, 4.69) is 21.5 Å². The quantitative estimate of drug-likeness (QED) is 0.120. The van der Waals surface area contributed by atoms with Crippen LogP contribution >= 0.6 is 22.9 Å². The van der Waals surface area contributed by atoms with Gasteiger partial charge in [0.05, 0.1) is 32.8 Å². The minimum Gasteiger partial charge on any atom is -0.489 e. The molecule has 0 saturated carbocycles. The van der Waals surface area contributed by atoms with Crippen molar-refractivity contribution >= 4 is 60.6 Å². The Morgan fingerprint density at radius 1 is 1.23 bits per heavy atom. The van der Waals surface area contributed by atoms with Gasteiger partial charge in [0.1, 0.15) is 59.5 Å². The number of fused-ring (bicyclic) bond motifs is 2. The average molecular weight is 769 g/mol. The second kappa shape index (κ2) is 12.9. The summed E-state index contributed by atoms with van der Waals surface area (Å²) in [5.74, 6) is -5.92. The number of nitrogens with two attached hydrogens (primary N) is 2. The normalized spacial score (nSPS) is 20.6. The van der Waals surface area contributed by atoms with E-state index in [1.165, 1.54) is 29.3 Å². The van der Waals surface area contributed by atoms with Crippen molar-refractivity contribution in [3.05, 3.63) is 70.9 Å². The topological polar surface area (TPSA) is 139 Å². The first-order chi connectivity index (χ1) is 25.4. The maximum atomic E-state index is 17.4. The van der Waals surface area contributed by atoms with Gasteiger partial charge in [-0.05, 0) is 43.2 Å². The van der Waals surface area contributed by atoms with Crippen molar-refractivity contribution < 1.29 is 31.4 Å². The van der Waals surface area contributed by atoms with Gasteiger partial charge in [0.2, 0.25) is 0 Å². The molecule has 3 atom stereocenters. The molecule has 0 radical (unpaired) electrons. The number of nitrogens with zero attached hydrogens (tertiary/aromatic N) is 6. The molecule has 0 amide bonds. The van der Waals surface area contributed by atoms with E-state index in [4.69, 9.17) is 32.5 Å². The number of hydrogen-bond donors (Lipinski definition) is 2. The zero-order valence-electron chi connectivity index (χ0n) is 27.8. The van der Waals surface area contributed by atoms with Gasteiger partial charge in [-0.15, -0.1) is 11.3 Å². The number of rotatable bonds is 8. The van der Waals surface area contributed by atoms with Crippen molar-refractivity contribution in [3.63, 3.8) is 0 Å². The molecule has 5 aromatic rings. The molecule has 10 nitrogen and oxygen atoms in total. The number of halogens is 6. The minimum absolute atomic E-state index is 0.00383. The van der Waals surface area contributed by atoms with Crippen molar-refractivity contribution in [2.24, 2.45) is 0 Å². The van der Waals surface area contributed by atoms with Crippen LogP contribution in [0.4, 0.5) is 38.6 Å². The fourth-order valence-corrected chi connectivity index (χ4v) is 9.28. The third kappa shape index (κ3) is 5.47. The molecule has 3 aliphatic rings. The number of anilines is 3. The average Bonchev–Trinajstić information content (AvgIpc) is 3.74. The number of nitrogen functional groups attached to an aromatic ring is 2. The summed E-state index contributed by atoms with van der Waals surface area (Å²) in [6, 6.07) is 4.94. The highest BCUT2D eigenvalue weighted by Crippen LogP contribution is 2.53. The van der Waals surface area contributed by atoms with Crippen molar-refractivity contribution in [2.45, 2.75) is 42.9 Å². The first kappa shape index (κ1) is 35.1. The maximum absolute atomic E-state index is 17.4. The molecule has 6 heterocycles. The van der Waals surface area contributed by atoms with Crippen LogP contribution in [0.1, 0.15) is 36.4 Å². The van der Waals surface area contributed by atoms with Crippen LogP contribution in [0.2, 0.25) is 5.02 Å². The Labute approximate surface area is 308 Å². The smallest absolute Gasteiger partial charge is 0.319 e. The van der Waals surface area contributed by atoms with Crippen molar-refractivity contribution in [3.8, 4) is 29.0 Å². The number of nitriles is 1. The highest BCUT2D eigenvalue weighted by Gasteiger charge is 2.50. The van der Waals surface area contributed by atoms with Gasteiger partial charge in [-0.3, -0.25) is 4.90 Å². The molecule has 0 spiro atoms. The first-order valence-electron chi connectivity index (χ1n) is 16.7. The van der Waals surface area contributed by atoms with Crippen molar-refractivity contribution in [2.75, 3.05) is 49.2 Å². The predicted octanol–water partition coefficient (Wildman–Crippen LogP) is 7.59. The fraction of sp³-hybridized carbons (Fsp3) is 0.333. The van der Waals surface area contributed by atoms with E-state index in [9.17, 15) is 9.65 Å². The molecule has 4 N–H and O–H groups in total. The molecule has 53 heavy (non-hydrogen) atoms. The highest BCUT2D eigenvalue weighted by atomic mass is 35.5. The van der Waals surface area contributed by atoms with E-state index in [1.54, 1.807) is 0 Å². The number of aromatic nitrogens is 3. The van der Waals surface area contributed by atoms with Crippen LogP contribution in [0.3, 0.4) is 0 Å². The number of ether oxygens (including phenoxy) is 2. The Kier molecular flexibility index (Phi) is 8.51. The van der Waals surface area contributed by atoms with Gasteiger partial charge in [0, 0.05) is 35.7 Å². The summed E-state index contributed by atoms with van der Waals surface area (Å²) in [6.07, 6.45) is 2.44. The van der Waals surface area contributed by atoms with Gasteiger partial charge in [0.25, 0.3) is 5.92 Å². The Bertz CT molecular complexity index is 2370. The number of benzene rings is 2. The van der Waals surface area contributed by atoms with Gasteiger partial charge in [-0.25, -0.2) is 18.2 Å². The van der Waals surface area contributed by atoms with E-state index in [1.807, 2.05) is 11.0 Å². The molecule has 0 bridgehead atoms. The van der Waals surface area contributed by atoms with Gasteiger partial charge < -0.3 is 25.8 Å². The second-order valence-corrected chi connectivity index (χ2v) is 14.7. The zero-order valence-corrected chi connectivity index (χ0v) is 29.4. The predicted molar refractivity (Wildman–Crippen MR) is 192 cm³/mol. The van der Waals surface area contributed by atoms with Crippen LogP contribution in [-0.4, -0.2) is 70.3 Å². The summed E-state index contributed by atoms with van der Waals surface area (Å²) < 4.78 is 91.6. The minimum atomic E-state index is -3.65. The Hall–Kier alpha value is -4.98. The van der Waals surface area contributed by atoms with E-state index in [-0.39, 0.29) is 104 Å². The van der Waals surface area contributed by atoms with E-state index < -0.39 is 40.8 Å². The third-order valence-corrected chi connectivity index (χ3v) is 11.7. The van der Waals surface area contributed by atoms with Crippen LogP contribution in [0, 0.1) is 23.0 Å². The lowest BCUT2D eigenvalue weighted by molar-refractivity contribution is 0.0221. The van der Waals surface area contributed by atoms with E-state index >= 15 is 17.6 Å². The largest absolute Gasteiger partial charge is 0.489 e. The van der Waals surface area contributed by atoms with Gasteiger partial charge in [-0.1, -0.05) is 30.3 Å². The molecule has 3 aliphatic heterocycles. The lowest BCUT2D eigenvalue weighted by atomic mass is 9.95. The zero-order chi connectivity index (χ0) is 37.4. The maximum Gasteiger partial charge on any atom is 0.319 e. The fourth-order valence-electron chi connectivity index (χ4n) is 7.99. The molecule has 8 rings (SSSR count). The van der Waals surface area contributed by atoms with Crippen LogP contribution in [0.25, 0.3) is 32.1 Å². The molecule has 17 heteroatoms. The Morgan fingerprint density at radius 3 is 2.79 bits per heavy atom. The van der Waals surface area contributed by atoms with E-state index in [0.29, 0.717) is 19.0 Å². The molecule has 2 saturated heterocycles. The molecule has 3 aromatic heterocycles. The molecule has 0 unspecified atom stereocenters. The second-order valence-electron chi connectivity index (χ2n) is 13.3. The summed E-state index contributed by atoms with van der Waals surface area (Å²) in [6.45, 7) is 3.74. The SMILES string of the molecule is C=CC(F)(F)[C@H](c1cccnc1N)N1CCOc2c(Cl)c(-c3ccc(F)c4sc(N)c(C#N)c34)c(F)c3nc(OC[C@@]45CCCN4C[C@H](F)C5)nc1c23. The van der Waals surface area contributed by atoms with Gasteiger partial charge in [0.15, 0.2) is 11.6 Å². The number of pyridine rings is 1. The molecule has 2 aromatic carbocycles. The summed E-state index contributed by atoms with van der Waals surface area (Å²) in [5, 5.41) is 9.56. The lowest BCUT2D eigenvalue weighted by Crippen LogP contribution is -2.44. The molecular formula is C36H30ClF5N8O2S. The number of alkyl halides is 3. The molecular weight excluding hydrogens is 739 g/mol. The Morgan fingerprint density at radius 2 is 2.04 bits per heavy atom. The third-order valence-electron chi connectivity index (χ3n) is 10.3. The first-order valence-corrected chi connectivity index (χ1v) is 17.9. The van der Waals surface area contributed by atoms with Crippen LogP contribution in [0.15, 0.2) is 43.1 Å². The summed E-state index contributed by atoms with van der Waals surface area (Å²) >= 11 is 7.81. The van der Waals surface area contributed by atoms with Crippen molar-refractivity contribution in [1.29, 1.82) is 5.26 Å². The number of hydrogen-bond acceptors (Lipinski definition) is 11. The monoisotopic (exact) mass is 768 g/mol. The summed E-state index contributed by atoms with van der Waals surface area (Å²) in [5.41, 5.74) is 10.8. The van der Waals surface area contributed by atoms with Gasteiger partial charge >= 0.3 is 6.01 Å². The molecule has 2 fully saturated rings. The lowest BCUT2D eigenvalue weighted by Gasteiger charge is -2.36. The molecule has 274 valence electrons. The van der Waals surface area contributed by atoms with Crippen LogP contribution in [-0.2, 0) is 0 Å². The standard InChI is InChI=1S/C36H30ClF5N8O2S/c1-2-36(41,42)30(19-5-3-9-46-31(19)44)50-11-12-51-28-24-27(47-34(48-33(24)50)52-16-35-8-4-10-49(35)15-17(38)13-35)26(40)23(25(28)37)18-6-7-21(39)29-22(18)20(14-43)32(45)53-29/h2-3,5-7,9,17,30H,1,4,8,10-13,15-16,45H2,(H2,44,46)/t17-,30+,35+/m1/s1. The molecule has 0 aliphatic carbocycles. The van der Waals surface area contributed by atoms with Crippen LogP contribution < -0.4 is 25.8 Å². The van der Waals surface area contributed by atoms with Crippen molar-refractivity contribution in [1.82, 2.24) is 19.9 Å². The summed E-state index contributed by atoms with van der Waals surface area (Å²) in [7, 11) is 0. The van der Waals surface area contributed by atoms with Gasteiger partial charge in [-0.2, -0.15) is 24.0 Å². The highest BCUT2D eigenvalue weighted by molar-refractivity contribution is 7.23. The number of thiophene rings is 1. The Balaban J connectivity index is 1.40.